The van der Waals surface area contributed by atoms with E-state index in [9.17, 15) is 9.90 Å². The van der Waals surface area contributed by atoms with Gasteiger partial charge in [0.25, 0.3) is 0 Å². The van der Waals surface area contributed by atoms with E-state index in [1.54, 1.807) is 0 Å². The number of nitrogens with zero attached hydrogens (tertiary/aromatic N) is 1. The van der Waals surface area contributed by atoms with Crippen LogP contribution >= 0.6 is 0 Å². The molecule has 0 aromatic carbocycles. The molecule has 0 fully saturated rings. The highest BCUT2D eigenvalue weighted by molar-refractivity contribution is 5.73. The third kappa shape index (κ3) is 18.2. The lowest BCUT2D eigenvalue weighted by atomic mass is 10.0. The number of carbonyl (C=O) groups is 1. The lowest BCUT2D eigenvalue weighted by molar-refractivity contribution is -0.143. The van der Waals surface area contributed by atoms with Crippen LogP contribution in [0.5, 0.6) is 0 Å². The summed E-state index contributed by atoms with van der Waals surface area (Å²) in [6.45, 7) is 7.04. The Labute approximate surface area is 188 Å². The summed E-state index contributed by atoms with van der Waals surface area (Å²) in [6.07, 6.45) is 23.3. The molecule has 0 saturated carbocycles. The van der Waals surface area contributed by atoms with Gasteiger partial charge in [-0.15, -0.1) is 0 Å². The van der Waals surface area contributed by atoms with E-state index < -0.39 is 5.97 Å². The fraction of sp³-hybridized carbons (Fsp3) is 0.962. The van der Waals surface area contributed by atoms with Crippen molar-refractivity contribution >= 4 is 5.97 Å². The van der Waals surface area contributed by atoms with Crippen LogP contribution in [0.2, 0.25) is 0 Å². The van der Waals surface area contributed by atoms with Crippen molar-refractivity contribution in [2.45, 2.75) is 142 Å². The smallest absolute Gasteiger partial charge is 0.320 e. The van der Waals surface area contributed by atoms with E-state index in [4.69, 9.17) is 5.73 Å². The number of hydrogen-bond acceptors (Lipinski definition) is 3. The number of nitrogens with two attached hydrogens (primary N) is 1. The van der Waals surface area contributed by atoms with Gasteiger partial charge >= 0.3 is 5.97 Å². The van der Waals surface area contributed by atoms with Gasteiger partial charge in [0.15, 0.2) is 0 Å². The van der Waals surface area contributed by atoms with Crippen molar-refractivity contribution in [3.05, 3.63) is 0 Å². The van der Waals surface area contributed by atoms with Crippen LogP contribution in [0, 0.1) is 0 Å². The first kappa shape index (κ1) is 29.4. The Hall–Kier alpha value is -0.610. The number of carboxylic acids is 1. The zero-order valence-electron chi connectivity index (χ0n) is 20.5. The van der Waals surface area contributed by atoms with Crippen molar-refractivity contribution in [2.24, 2.45) is 5.73 Å². The van der Waals surface area contributed by atoms with Crippen molar-refractivity contribution in [3.8, 4) is 0 Å². The van der Waals surface area contributed by atoms with Crippen LogP contribution in [-0.4, -0.2) is 41.7 Å². The van der Waals surface area contributed by atoms with Gasteiger partial charge in [-0.25, -0.2) is 0 Å². The Kier molecular flexibility index (Phi) is 22.6. The molecule has 4 heteroatoms. The molecule has 0 radical (unpaired) electrons. The lowest BCUT2D eigenvalue weighted by Crippen LogP contribution is -2.42. The standard InChI is InChI=1S/C26H54N2O2/c1-3-5-7-9-11-13-15-19-23-28(25(26(29)30)21-17-18-22-27)24-20-16-14-12-10-8-6-4-2/h25H,3-24,27H2,1-2H3,(H,29,30)/t25-/m0/s1. The van der Waals surface area contributed by atoms with Crippen LogP contribution in [0.15, 0.2) is 0 Å². The van der Waals surface area contributed by atoms with E-state index in [0.717, 1.165) is 45.2 Å². The fourth-order valence-corrected chi connectivity index (χ4v) is 4.27. The lowest BCUT2D eigenvalue weighted by Gasteiger charge is -2.29. The van der Waals surface area contributed by atoms with Crippen LogP contribution in [0.4, 0.5) is 0 Å². The molecule has 0 aromatic rings. The van der Waals surface area contributed by atoms with E-state index >= 15 is 0 Å². The van der Waals surface area contributed by atoms with Gasteiger partial charge in [-0.2, -0.15) is 0 Å². The summed E-state index contributed by atoms with van der Waals surface area (Å²) in [5.74, 6) is -0.647. The largest absolute Gasteiger partial charge is 0.480 e. The predicted molar refractivity (Wildman–Crippen MR) is 131 cm³/mol. The molecule has 0 unspecified atom stereocenters. The minimum atomic E-state index is -0.647. The van der Waals surface area contributed by atoms with Crippen LogP contribution in [-0.2, 0) is 4.79 Å². The molecule has 0 aliphatic carbocycles. The SMILES string of the molecule is CCCCCCCCCCN(CCCCCCCCCC)[C@@H](CCCCN)C(=O)O. The van der Waals surface area contributed by atoms with Gasteiger partial charge in [-0.1, -0.05) is 110 Å². The summed E-state index contributed by atoms with van der Waals surface area (Å²) in [5.41, 5.74) is 5.62. The highest BCUT2D eigenvalue weighted by atomic mass is 16.4. The van der Waals surface area contributed by atoms with Gasteiger partial charge in [0.1, 0.15) is 6.04 Å². The van der Waals surface area contributed by atoms with Crippen LogP contribution in [0.1, 0.15) is 136 Å². The molecule has 0 aromatic heterocycles. The van der Waals surface area contributed by atoms with Crippen molar-refractivity contribution in [2.75, 3.05) is 19.6 Å². The molecule has 0 amide bonds. The molecule has 0 bridgehead atoms. The summed E-state index contributed by atoms with van der Waals surface area (Å²) < 4.78 is 0. The van der Waals surface area contributed by atoms with E-state index in [1.165, 1.54) is 89.9 Å². The molecule has 1 atom stereocenters. The Morgan fingerprint density at radius 2 is 1.07 bits per heavy atom. The second-order valence-corrected chi connectivity index (χ2v) is 9.12. The molecule has 4 nitrogen and oxygen atoms in total. The first-order chi connectivity index (χ1) is 14.7. The first-order valence-corrected chi connectivity index (χ1v) is 13.3. The van der Waals surface area contributed by atoms with Gasteiger partial charge < -0.3 is 10.8 Å². The molecular weight excluding hydrogens is 372 g/mol. The second-order valence-electron chi connectivity index (χ2n) is 9.12. The zero-order chi connectivity index (χ0) is 22.3. The summed E-state index contributed by atoms with van der Waals surface area (Å²) in [6, 6.07) is -0.328. The van der Waals surface area contributed by atoms with Gasteiger partial charge in [0.2, 0.25) is 0 Å². The summed E-state index contributed by atoms with van der Waals surface area (Å²) in [7, 11) is 0. The Balaban J connectivity index is 4.27. The number of hydrogen-bond donors (Lipinski definition) is 2. The molecule has 0 spiro atoms. The summed E-state index contributed by atoms with van der Waals surface area (Å²) >= 11 is 0. The minimum Gasteiger partial charge on any atom is -0.480 e. The molecule has 0 rings (SSSR count). The van der Waals surface area contributed by atoms with E-state index in [-0.39, 0.29) is 6.04 Å². The number of aliphatic carboxylic acids is 1. The quantitative estimate of drug-likeness (QED) is 0.161. The van der Waals surface area contributed by atoms with Crippen molar-refractivity contribution < 1.29 is 9.90 Å². The molecule has 180 valence electrons. The van der Waals surface area contributed by atoms with Crippen molar-refractivity contribution in [1.29, 1.82) is 0 Å². The van der Waals surface area contributed by atoms with Gasteiger partial charge in [-0.05, 0) is 45.3 Å². The Bertz CT molecular complexity index is 343. The average Bonchev–Trinajstić information content (AvgIpc) is 2.73. The predicted octanol–water partition coefficient (Wildman–Crippen LogP) is 7.15. The van der Waals surface area contributed by atoms with Crippen LogP contribution < -0.4 is 5.73 Å². The minimum absolute atomic E-state index is 0.328. The third-order valence-electron chi connectivity index (χ3n) is 6.26. The number of rotatable bonds is 24. The van der Waals surface area contributed by atoms with E-state index in [1.807, 2.05) is 0 Å². The maximum atomic E-state index is 11.9. The number of carboxylic acid groups (broad SMARTS) is 1. The summed E-state index contributed by atoms with van der Waals surface area (Å²) in [4.78, 5) is 14.2. The van der Waals surface area contributed by atoms with E-state index in [2.05, 4.69) is 18.7 Å². The Morgan fingerprint density at radius 3 is 1.43 bits per heavy atom. The average molecular weight is 427 g/mol. The highest BCUT2D eigenvalue weighted by Gasteiger charge is 2.24. The fourth-order valence-electron chi connectivity index (χ4n) is 4.27. The topological polar surface area (TPSA) is 66.6 Å². The van der Waals surface area contributed by atoms with Crippen LogP contribution in [0.25, 0.3) is 0 Å². The van der Waals surface area contributed by atoms with Crippen molar-refractivity contribution in [1.82, 2.24) is 4.90 Å². The molecular formula is C26H54N2O2. The van der Waals surface area contributed by atoms with Gasteiger partial charge in [0.05, 0.1) is 0 Å². The summed E-state index contributed by atoms with van der Waals surface area (Å²) in [5, 5.41) is 9.82. The first-order valence-electron chi connectivity index (χ1n) is 13.3. The number of unbranched alkanes of at least 4 members (excludes halogenated alkanes) is 15. The highest BCUT2D eigenvalue weighted by Crippen LogP contribution is 2.15. The molecule has 0 heterocycles. The van der Waals surface area contributed by atoms with Gasteiger partial charge in [-0.3, -0.25) is 9.69 Å². The van der Waals surface area contributed by atoms with Crippen molar-refractivity contribution in [3.63, 3.8) is 0 Å². The molecule has 3 N–H and O–H groups in total. The van der Waals surface area contributed by atoms with Gasteiger partial charge in [0, 0.05) is 0 Å². The molecule has 0 saturated heterocycles. The maximum Gasteiger partial charge on any atom is 0.320 e. The molecule has 0 aliphatic heterocycles. The maximum absolute atomic E-state index is 11.9. The van der Waals surface area contributed by atoms with E-state index in [0.29, 0.717) is 6.54 Å². The molecule has 0 aliphatic rings. The third-order valence-corrected chi connectivity index (χ3v) is 6.26. The van der Waals surface area contributed by atoms with Crippen LogP contribution in [0.3, 0.4) is 0 Å². The Morgan fingerprint density at radius 1 is 0.667 bits per heavy atom. The molecule has 30 heavy (non-hydrogen) atoms. The normalized spacial score (nSPS) is 12.5. The zero-order valence-corrected chi connectivity index (χ0v) is 20.5. The second kappa shape index (κ2) is 23.1. The monoisotopic (exact) mass is 426 g/mol.